The zero-order chi connectivity index (χ0) is 12.4. The predicted molar refractivity (Wildman–Crippen MR) is 65.0 cm³/mol. The summed E-state index contributed by atoms with van der Waals surface area (Å²) in [6.45, 7) is 3.49. The SMILES string of the molecule is Cc1c(C(=O)N[C@H](C)CO)oc2ccccc12. The molecule has 0 fully saturated rings. The van der Waals surface area contributed by atoms with Crippen molar-refractivity contribution in [3.05, 3.63) is 35.6 Å². The first-order valence-electron chi connectivity index (χ1n) is 5.53. The van der Waals surface area contributed by atoms with E-state index in [9.17, 15) is 4.79 Å². The molecule has 1 amide bonds. The van der Waals surface area contributed by atoms with Crippen molar-refractivity contribution in [3.8, 4) is 0 Å². The van der Waals surface area contributed by atoms with Gasteiger partial charge in [-0.05, 0) is 19.9 Å². The zero-order valence-electron chi connectivity index (χ0n) is 9.86. The van der Waals surface area contributed by atoms with E-state index in [2.05, 4.69) is 5.32 Å². The van der Waals surface area contributed by atoms with Crippen molar-refractivity contribution >= 4 is 16.9 Å². The molecule has 0 unspecified atom stereocenters. The molecule has 90 valence electrons. The molecule has 0 aliphatic heterocycles. The lowest BCUT2D eigenvalue weighted by Gasteiger charge is -2.09. The minimum Gasteiger partial charge on any atom is -0.451 e. The van der Waals surface area contributed by atoms with Gasteiger partial charge in [-0.3, -0.25) is 4.79 Å². The highest BCUT2D eigenvalue weighted by Crippen LogP contribution is 2.24. The number of hydrogen-bond acceptors (Lipinski definition) is 3. The smallest absolute Gasteiger partial charge is 0.287 e. The standard InChI is InChI=1S/C13H15NO3/c1-8(7-15)14-13(16)12-9(2)10-5-3-4-6-11(10)17-12/h3-6,8,15H,7H2,1-2H3,(H,14,16)/t8-/m1/s1. The van der Waals surface area contributed by atoms with Crippen LogP contribution in [0.1, 0.15) is 23.0 Å². The Hall–Kier alpha value is -1.81. The Labute approximate surface area is 99.2 Å². The number of carbonyl (C=O) groups excluding carboxylic acids is 1. The van der Waals surface area contributed by atoms with Crippen molar-refractivity contribution in [2.45, 2.75) is 19.9 Å². The highest BCUT2D eigenvalue weighted by Gasteiger charge is 2.18. The van der Waals surface area contributed by atoms with Crippen LogP contribution in [0.4, 0.5) is 0 Å². The van der Waals surface area contributed by atoms with E-state index in [1.54, 1.807) is 6.92 Å². The fourth-order valence-corrected chi connectivity index (χ4v) is 1.73. The van der Waals surface area contributed by atoms with Gasteiger partial charge in [0.25, 0.3) is 5.91 Å². The Morgan fingerprint density at radius 2 is 2.18 bits per heavy atom. The average molecular weight is 233 g/mol. The summed E-state index contributed by atoms with van der Waals surface area (Å²) in [6, 6.07) is 7.23. The number of aliphatic hydroxyl groups excluding tert-OH is 1. The van der Waals surface area contributed by atoms with Gasteiger partial charge in [-0.2, -0.15) is 0 Å². The summed E-state index contributed by atoms with van der Waals surface area (Å²) >= 11 is 0. The van der Waals surface area contributed by atoms with E-state index in [1.165, 1.54) is 0 Å². The van der Waals surface area contributed by atoms with Crippen LogP contribution in [0, 0.1) is 6.92 Å². The van der Waals surface area contributed by atoms with Gasteiger partial charge in [-0.1, -0.05) is 18.2 Å². The fraction of sp³-hybridized carbons (Fsp3) is 0.308. The van der Waals surface area contributed by atoms with Gasteiger partial charge in [0.1, 0.15) is 5.58 Å². The quantitative estimate of drug-likeness (QED) is 0.850. The van der Waals surface area contributed by atoms with Crippen LogP contribution in [0.25, 0.3) is 11.0 Å². The zero-order valence-corrected chi connectivity index (χ0v) is 9.86. The second-order valence-electron chi connectivity index (χ2n) is 4.11. The van der Waals surface area contributed by atoms with Crippen molar-refractivity contribution in [2.24, 2.45) is 0 Å². The van der Waals surface area contributed by atoms with E-state index in [0.29, 0.717) is 11.3 Å². The van der Waals surface area contributed by atoms with Crippen LogP contribution in [0.5, 0.6) is 0 Å². The Morgan fingerprint density at radius 1 is 1.47 bits per heavy atom. The van der Waals surface area contributed by atoms with Gasteiger partial charge >= 0.3 is 0 Å². The normalized spacial score (nSPS) is 12.6. The molecule has 0 aliphatic carbocycles. The molecular weight excluding hydrogens is 218 g/mol. The minimum atomic E-state index is -0.291. The summed E-state index contributed by atoms with van der Waals surface area (Å²) in [4.78, 5) is 11.9. The number of para-hydroxylation sites is 1. The van der Waals surface area contributed by atoms with E-state index >= 15 is 0 Å². The number of hydrogen-bond donors (Lipinski definition) is 2. The highest BCUT2D eigenvalue weighted by atomic mass is 16.3. The molecule has 1 atom stereocenters. The molecule has 1 heterocycles. The summed E-state index contributed by atoms with van der Waals surface area (Å²) in [5, 5.41) is 12.5. The number of benzene rings is 1. The van der Waals surface area contributed by atoms with Gasteiger partial charge in [0, 0.05) is 17.0 Å². The first-order chi connectivity index (χ1) is 8.13. The minimum absolute atomic E-state index is 0.0922. The molecule has 4 nitrogen and oxygen atoms in total. The number of amides is 1. The molecule has 2 N–H and O–H groups in total. The number of aryl methyl sites for hydroxylation is 1. The molecule has 2 aromatic rings. The van der Waals surface area contributed by atoms with Crippen molar-refractivity contribution in [3.63, 3.8) is 0 Å². The Morgan fingerprint density at radius 3 is 2.82 bits per heavy atom. The molecular formula is C13H15NO3. The monoisotopic (exact) mass is 233 g/mol. The molecule has 17 heavy (non-hydrogen) atoms. The van der Waals surface area contributed by atoms with E-state index in [-0.39, 0.29) is 18.6 Å². The van der Waals surface area contributed by atoms with Gasteiger partial charge in [-0.25, -0.2) is 0 Å². The second kappa shape index (κ2) is 4.59. The van der Waals surface area contributed by atoms with Crippen LogP contribution in [0.3, 0.4) is 0 Å². The van der Waals surface area contributed by atoms with Crippen molar-refractivity contribution in [1.29, 1.82) is 0 Å². The van der Waals surface area contributed by atoms with Crippen LogP contribution in [0.2, 0.25) is 0 Å². The molecule has 0 spiro atoms. The summed E-state index contributed by atoms with van der Waals surface area (Å²) < 4.78 is 5.51. The Bertz CT molecular complexity index is 545. The Balaban J connectivity index is 2.35. The summed E-state index contributed by atoms with van der Waals surface area (Å²) in [5.41, 5.74) is 1.52. The van der Waals surface area contributed by atoms with Crippen molar-refractivity contribution < 1.29 is 14.3 Å². The van der Waals surface area contributed by atoms with Gasteiger partial charge in [0.15, 0.2) is 5.76 Å². The number of aliphatic hydroxyl groups is 1. The molecule has 1 aromatic heterocycles. The van der Waals surface area contributed by atoms with Gasteiger partial charge in [0.05, 0.1) is 6.61 Å². The fourth-order valence-electron chi connectivity index (χ4n) is 1.73. The maximum Gasteiger partial charge on any atom is 0.287 e. The maximum absolute atomic E-state index is 11.9. The van der Waals surface area contributed by atoms with Gasteiger partial charge in [0.2, 0.25) is 0 Å². The van der Waals surface area contributed by atoms with E-state index < -0.39 is 0 Å². The molecule has 0 radical (unpaired) electrons. The first kappa shape index (κ1) is 11.7. The number of rotatable bonds is 3. The van der Waals surface area contributed by atoms with Crippen LogP contribution in [-0.4, -0.2) is 23.7 Å². The van der Waals surface area contributed by atoms with Gasteiger partial charge in [-0.15, -0.1) is 0 Å². The molecule has 0 saturated heterocycles. The van der Waals surface area contributed by atoms with Crippen LogP contribution in [0.15, 0.2) is 28.7 Å². The van der Waals surface area contributed by atoms with Crippen LogP contribution in [-0.2, 0) is 0 Å². The first-order valence-corrected chi connectivity index (χ1v) is 5.53. The molecule has 0 aliphatic rings. The average Bonchev–Trinajstić information content (AvgIpc) is 2.67. The number of fused-ring (bicyclic) bond motifs is 1. The van der Waals surface area contributed by atoms with Crippen molar-refractivity contribution in [1.82, 2.24) is 5.32 Å². The molecule has 0 saturated carbocycles. The largest absolute Gasteiger partial charge is 0.451 e. The lowest BCUT2D eigenvalue weighted by molar-refractivity contribution is 0.0895. The number of carbonyl (C=O) groups is 1. The van der Waals surface area contributed by atoms with Crippen LogP contribution < -0.4 is 5.32 Å². The third-order valence-electron chi connectivity index (χ3n) is 2.70. The third kappa shape index (κ3) is 2.17. The summed E-state index contributed by atoms with van der Waals surface area (Å²) in [5.74, 6) is 0.0201. The molecule has 4 heteroatoms. The highest BCUT2D eigenvalue weighted by molar-refractivity contribution is 5.98. The molecule has 0 bridgehead atoms. The summed E-state index contributed by atoms with van der Waals surface area (Å²) in [7, 11) is 0. The topological polar surface area (TPSA) is 62.5 Å². The molecule has 2 rings (SSSR count). The molecule has 1 aromatic carbocycles. The van der Waals surface area contributed by atoms with Crippen molar-refractivity contribution in [2.75, 3.05) is 6.61 Å². The third-order valence-corrected chi connectivity index (χ3v) is 2.70. The second-order valence-corrected chi connectivity index (χ2v) is 4.11. The van der Waals surface area contributed by atoms with Crippen LogP contribution >= 0.6 is 0 Å². The summed E-state index contributed by atoms with van der Waals surface area (Å²) in [6.07, 6.45) is 0. The van der Waals surface area contributed by atoms with Gasteiger partial charge < -0.3 is 14.8 Å². The Kier molecular flexibility index (Phi) is 3.15. The lowest BCUT2D eigenvalue weighted by atomic mass is 10.1. The maximum atomic E-state index is 11.9. The predicted octanol–water partition coefficient (Wildman–Crippen LogP) is 1.85. The van der Waals surface area contributed by atoms with E-state index in [4.69, 9.17) is 9.52 Å². The number of furan rings is 1. The lowest BCUT2D eigenvalue weighted by Crippen LogP contribution is -2.35. The van der Waals surface area contributed by atoms with E-state index in [1.807, 2.05) is 31.2 Å². The number of nitrogens with one attached hydrogen (secondary N) is 1. The van der Waals surface area contributed by atoms with E-state index in [0.717, 1.165) is 10.9 Å².